The Bertz CT molecular complexity index is 1170. The molecule has 0 aromatic heterocycles. The van der Waals surface area contributed by atoms with Gasteiger partial charge in [-0.1, -0.05) is 97.3 Å². The summed E-state index contributed by atoms with van der Waals surface area (Å²) in [5.74, 6) is -3.84. The second-order valence-corrected chi connectivity index (χ2v) is 15.3. The van der Waals surface area contributed by atoms with Crippen LogP contribution < -0.4 is 32.2 Å². The number of hydrogen-bond acceptors (Lipinski definition) is 9. The molecule has 0 rings (SSSR count). The minimum Gasteiger partial charge on any atom is -0.481 e. The lowest BCUT2D eigenvalue weighted by Gasteiger charge is -2.14. The number of carboxylic acids is 3. The molecule has 0 aromatic carbocycles. The van der Waals surface area contributed by atoms with Gasteiger partial charge in [0.1, 0.15) is 6.04 Å². The van der Waals surface area contributed by atoms with E-state index in [0.29, 0.717) is 83.8 Å². The molecule has 0 aliphatic rings. The van der Waals surface area contributed by atoms with Gasteiger partial charge in [-0.2, -0.15) is 0 Å². The van der Waals surface area contributed by atoms with Crippen molar-refractivity contribution < 1.29 is 48.9 Å². The van der Waals surface area contributed by atoms with Crippen LogP contribution in [0.5, 0.6) is 0 Å². The maximum absolute atomic E-state index is 12.3. The number of aliphatic carboxylic acids is 3. The zero-order chi connectivity index (χ0) is 45.2. The van der Waals surface area contributed by atoms with Crippen molar-refractivity contribution in [1.29, 1.82) is 0 Å². The van der Waals surface area contributed by atoms with Crippen LogP contribution >= 0.6 is 0 Å². The largest absolute Gasteiger partial charge is 0.481 e. The molecule has 60 heavy (non-hydrogen) atoms. The Labute approximate surface area is 361 Å². The molecular formula is C43H81BN6O10. The van der Waals surface area contributed by atoms with Gasteiger partial charge in [-0.05, 0) is 70.6 Å². The van der Waals surface area contributed by atoms with Gasteiger partial charge in [0.15, 0.2) is 7.98 Å². The topological polar surface area (TPSA) is 266 Å². The molecule has 4 amide bonds. The molecule has 2 radical (unpaired) electrons. The average molecular weight is 853 g/mol. The van der Waals surface area contributed by atoms with E-state index in [1.807, 2.05) is 13.8 Å². The summed E-state index contributed by atoms with van der Waals surface area (Å²) < 4.78 is 0. The van der Waals surface area contributed by atoms with Gasteiger partial charge < -0.3 is 47.5 Å². The molecule has 0 fully saturated rings. The summed E-state index contributed by atoms with van der Waals surface area (Å²) >= 11 is 0. The first kappa shape index (κ1) is 58.4. The van der Waals surface area contributed by atoms with Crippen LogP contribution in [0.15, 0.2) is 0 Å². The minimum absolute atomic E-state index is 0.00508. The quantitative estimate of drug-likeness (QED) is 0.0277. The maximum Gasteiger partial charge on any atom is 0.326 e. The van der Waals surface area contributed by atoms with Crippen LogP contribution in [0.1, 0.15) is 194 Å². The lowest BCUT2D eigenvalue weighted by molar-refractivity contribution is -0.142. The molecule has 0 bridgehead atoms. The van der Waals surface area contributed by atoms with Crippen molar-refractivity contribution in [3.05, 3.63) is 0 Å². The monoisotopic (exact) mass is 853 g/mol. The zero-order valence-electron chi connectivity index (χ0n) is 37.0. The summed E-state index contributed by atoms with van der Waals surface area (Å²) in [6, 6.07) is -2.59. The van der Waals surface area contributed by atoms with Crippen molar-refractivity contribution in [3.8, 4) is 0 Å². The predicted octanol–water partition coefficient (Wildman–Crippen LogP) is 5.39. The number of amides is 4. The Kier molecular flexibility index (Phi) is 40.8. The first-order valence-electron chi connectivity index (χ1n) is 22.9. The van der Waals surface area contributed by atoms with Crippen molar-refractivity contribution in [2.75, 3.05) is 19.6 Å². The minimum atomic E-state index is -1.17. The molecule has 346 valence electrons. The van der Waals surface area contributed by atoms with Gasteiger partial charge in [-0.25, -0.2) is 4.79 Å². The van der Waals surface area contributed by atoms with E-state index in [0.717, 1.165) is 44.9 Å². The molecule has 16 nitrogen and oxygen atoms in total. The number of hydrogen-bond donors (Lipinski definition) is 9. The van der Waals surface area contributed by atoms with Crippen LogP contribution in [0.25, 0.3) is 0 Å². The highest BCUT2D eigenvalue weighted by atomic mass is 16.4. The van der Waals surface area contributed by atoms with Crippen LogP contribution in [0.4, 0.5) is 0 Å². The lowest BCUT2D eigenvalue weighted by Crippen LogP contribution is -2.41. The summed E-state index contributed by atoms with van der Waals surface area (Å²) in [5, 5.41) is 40.3. The lowest BCUT2D eigenvalue weighted by atomic mass is 10.0. The molecule has 3 atom stereocenters. The van der Waals surface area contributed by atoms with Crippen molar-refractivity contribution >= 4 is 49.5 Å². The van der Waals surface area contributed by atoms with Crippen LogP contribution in [0.2, 0.25) is 0 Å². The van der Waals surface area contributed by atoms with Crippen LogP contribution in [0, 0.1) is 0 Å². The molecule has 0 aromatic rings. The maximum atomic E-state index is 12.3. The molecule has 0 aliphatic carbocycles. The van der Waals surface area contributed by atoms with Crippen molar-refractivity contribution in [2.24, 2.45) is 5.73 Å². The highest BCUT2D eigenvalue weighted by Gasteiger charge is 2.21. The van der Waals surface area contributed by atoms with E-state index in [4.69, 9.17) is 23.9 Å². The third-order valence-corrected chi connectivity index (χ3v) is 10.1. The molecular weight excluding hydrogens is 771 g/mol. The van der Waals surface area contributed by atoms with Gasteiger partial charge in [0.25, 0.3) is 0 Å². The molecule has 0 saturated carbocycles. The molecule has 17 heteroatoms. The highest BCUT2D eigenvalue weighted by molar-refractivity contribution is 6.06. The van der Waals surface area contributed by atoms with Gasteiger partial charge in [-0.3, -0.25) is 28.8 Å². The fraction of sp³-hybridized carbons (Fsp3) is 0.837. The zero-order valence-corrected chi connectivity index (χ0v) is 37.0. The van der Waals surface area contributed by atoms with E-state index < -0.39 is 36.0 Å². The van der Waals surface area contributed by atoms with E-state index in [1.54, 1.807) is 0 Å². The number of carbonyl (C=O) groups excluding carboxylic acids is 4. The van der Waals surface area contributed by atoms with Gasteiger partial charge in [0.2, 0.25) is 23.6 Å². The van der Waals surface area contributed by atoms with E-state index >= 15 is 0 Å². The first-order chi connectivity index (χ1) is 28.9. The highest BCUT2D eigenvalue weighted by Crippen LogP contribution is 2.14. The van der Waals surface area contributed by atoms with Gasteiger partial charge in [0.05, 0.1) is 12.1 Å². The van der Waals surface area contributed by atoms with Crippen LogP contribution in [-0.2, 0) is 33.6 Å². The van der Waals surface area contributed by atoms with Crippen LogP contribution in [-0.4, -0.2) is 103 Å². The fourth-order valence-electron chi connectivity index (χ4n) is 6.42. The van der Waals surface area contributed by atoms with E-state index in [-0.39, 0.29) is 49.3 Å². The molecule has 3 unspecified atom stereocenters. The van der Waals surface area contributed by atoms with Crippen LogP contribution in [0.3, 0.4) is 0 Å². The predicted molar refractivity (Wildman–Crippen MR) is 235 cm³/mol. The molecule has 0 saturated heterocycles. The molecule has 10 N–H and O–H groups in total. The number of nitrogens with two attached hydrogens (primary N) is 1. The number of carbonyl (C=O) groups is 7. The Hall–Kier alpha value is -3.73. The van der Waals surface area contributed by atoms with Gasteiger partial charge in [0, 0.05) is 45.3 Å². The third-order valence-electron chi connectivity index (χ3n) is 10.1. The number of carboxylic acid groups (broad SMARTS) is 3. The standard InChI is InChI=1S/C41H75BN6O10.C2H6/c42-48-34(41(57)58)23-18-21-31-46-39(54)32(43)22-17-20-30-44-35(49)24-15-13-19-29-45-36(50)28-27-33(40(55)56)47-37(51)25-14-11-9-7-5-3-1-2-4-6-8-10-12-16-26-38(52)53;1-2/h32-34,48H,1-31,43H2,(H,44,49)(H,45,50)(H,46,54)(H,47,51)(H,52,53)(H,55,56)(H,57,58);1-2H3. The summed E-state index contributed by atoms with van der Waals surface area (Å²) in [4.78, 5) is 82.0. The number of unbranched alkanes of at least 4 members (excludes halogenated alkanes) is 17. The summed E-state index contributed by atoms with van der Waals surface area (Å²) in [7, 11) is 5.19. The Morgan fingerprint density at radius 2 is 0.833 bits per heavy atom. The SMILES string of the molecule is CC.[B]NC(CCCCNC(=O)C(N)CCCCNC(=O)CCCCCNC(=O)CCC(NC(=O)CCCCCCCCCCCCCCCCC(=O)O)C(=O)O)C(=O)O. The van der Waals surface area contributed by atoms with Crippen molar-refractivity contribution in [1.82, 2.24) is 26.5 Å². The number of nitrogens with one attached hydrogen (secondary N) is 5. The molecule has 0 spiro atoms. The second-order valence-electron chi connectivity index (χ2n) is 15.3. The Morgan fingerprint density at radius 1 is 0.450 bits per heavy atom. The average Bonchev–Trinajstić information content (AvgIpc) is 3.21. The fourth-order valence-corrected chi connectivity index (χ4v) is 6.42. The van der Waals surface area contributed by atoms with Crippen molar-refractivity contribution in [3.63, 3.8) is 0 Å². The Balaban J connectivity index is 0. The van der Waals surface area contributed by atoms with Gasteiger partial charge >= 0.3 is 17.9 Å². The number of rotatable bonds is 41. The molecule has 0 heterocycles. The Morgan fingerprint density at radius 3 is 1.30 bits per heavy atom. The van der Waals surface area contributed by atoms with Crippen molar-refractivity contribution in [2.45, 2.75) is 212 Å². The normalized spacial score (nSPS) is 12.2. The van der Waals surface area contributed by atoms with E-state index in [2.05, 4.69) is 26.5 Å². The summed E-state index contributed by atoms with van der Waals surface area (Å²) in [5.41, 5.74) is 5.95. The van der Waals surface area contributed by atoms with Gasteiger partial charge in [-0.15, -0.1) is 0 Å². The smallest absolute Gasteiger partial charge is 0.326 e. The summed E-state index contributed by atoms with van der Waals surface area (Å²) in [6.45, 7) is 5.28. The second kappa shape index (κ2) is 42.0. The third kappa shape index (κ3) is 38.5. The first-order valence-corrected chi connectivity index (χ1v) is 22.9. The van der Waals surface area contributed by atoms with E-state index in [1.165, 1.54) is 44.9 Å². The summed E-state index contributed by atoms with van der Waals surface area (Å²) in [6.07, 6.45) is 21.4. The molecule has 0 aliphatic heterocycles. The van der Waals surface area contributed by atoms with E-state index in [9.17, 15) is 38.7 Å².